The lowest BCUT2D eigenvalue weighted by Crippen LogP contribution is -2.32. The van der Waals surface area contributed by atoms with E-state index in [0.29, 0.717) is 0 Å². The van der Waals surface area contributed by atoms with Gasteiger partial charge in [0.15, 0.2) is 12.4 Å². The van der Waals surface area contributed by atoms with Gasteiger partial charge in [-0.3, -0.25) is 4.90 Å². The van der Waals surface area contributed by atoms with Crippen LogP contribution in [-0.2, 0) is 24.9 Å². The van der Waals surface area contributed by atoms with Crippen molar-refractivity contribution in [3.05, 3.63) is 58.6 Å². The second kappa shape index (κ2) is 5.65. The minimum atomic E-state index is -0.0100. The van der Waals surface area contributed by atoms with Crippen molar-refractivity contribution in [1.29, 1.82) is 0 Å². The highest BCUT2D eigenvalue weighted by atomic mass is 16.5. The largest absolute Gasteiger partial charge is 0.619 e. The van der Waals surface area contributed by atoms with Crippen LogP contribution < -0.4 is 4.73 Å². The third kappa shape index (κ3) is 3.25. The van der Waals surface area contributed by atoms with E-state index in [2.05, 4.69) is 30.7 Å². The number of pyridine rings is 1. The minimum absolute atomic E-state index is 0.0100. The van der Waals surface area contributed by atoms with E-state index < -0.39 is 0 Å². The second-order valence-electron chi connectivity index (χ2n) is 6.94. The smallest absolute Gasteiger partial charge is 0.180 e. The highest BCUT2D eigenvalue weighted by Crippen LogP contribution is 2.23. The summed E-state index contributed by atoms with van der Waals surface area (Å²) in [6.45, 7) is 9.12. The molecular weight excluding hydrogens is 276 g/mol. The van der Waals surface area contributed by atoms with Crippen LogP contribution in [0.2, 0.25) is 0 Å². The Morgan fingerprint density at radius 1 is 1.27 bits per heavy atom. The predicted octanol–water partition coefficient (Wildman–Crippen LogP) is 1.97. The molecule has 0 unspecified atom stereocenters. The molecule has 116 valence electrons. The van der Waals surface area contributed by atoms with Crippen LogP contribution in [-0.4, -0.2) is 21.4 Å². The van der Waals surface area contributed by atoms with E-state index >= 15 is 0 Å². The predicted molar refractivity (Wildman–Crippen MR) is 84.0 cm³/mol. The Labute approximate surface area is 131 Å². The fourth-order valence-electron chi connectivity index (χ4n) is 2.68. The van der Waals surface area contributed by atoms with E-state index in [1.165, 1.54) is 11.3 Å². The van der Waals surface area contributed by atoms with Gasteiger partial charge in [0.05, 0.1) is 0 Å². The Morgan fingerprint density at radius 3 is 2.68 bits per heavy atom. The van der Waals surface area contributed by atoms with Gasteiger partial charge in [-0.05, 0) is 5.56 Å². The maximum Gasteiger partial charge on any atom is 0.180 e. The van der Waals surface area contributed by atoms with Gasteiger partial charge in [-0.25, -0.2) is 9.97 Å². The fourth-order valence-corrected chi connectivity index (χ4v) is 2.68. The molecule has 1 aliphatic rings. The zero-order valence-electron chi connectivity index (χ0n) is 13.4. The van der Waals surface area contributed by atoms with Crippen LogP contribution in [0.5, 0.6) is 0 Å². The molecule has 0 spiro atoms. The van der Waals surface area contributed by atoms with Gasteiger partial charge in [-0.2, -0.15) is 4.73 Å². The molecule has 5 nitrogen and oxygen atoms in total. The molecule has 0 aromatic carbocycles. The van der Waals surface area contributed by atoms with E-state index in [9.17, 15) is 5.21 Å². The Hall–Kier alpha value is -2.01. The fraction of sp³-hybridized carbons (Fsp3) is 0.471. The molecule has 3 heterocycles. The summed E-state index contributed by atoms with van der Waals surface area (Å²) in [6.07, 6.45) is 6.03. The first-order valence-electron chi connectivity index (χ1n) is 7.67. The van der Waals surface area contributed by atoms with Gasteiger partial charge in [0, 0.05) is 61.1 Å². The summed E-state index contributed by atoms with van der Waals surface area (Å²) >= 11 is 0. The quantitative estimate of drug-likeness (QED) is 0.628. The molecule has 2 aromatic heterocycles. The third-order valence-electron chi connectivity index (χ3n) is 3.96. The topological polar surface area (TPSA) is 56.0 Å². The van der Waals surface area contributed by atoms with Gasteiger partial charge in [0.25, 0.3) is 0 Å². The standard InChI is InChI=1S/C17H22N4O/c1-17(2,3)16-18-10-14-12-20(7-6-15(14)19-16)11-13-4-8-21(22)9-5-13/h4-5,8-10H,6-7,11-12H2,1-3H3. The van der Waals surface area contributed by atoms with Crippen LogP contribution in [0, 0.1) is 5.21 Å². The second-order valence-corrected chi connectivity index (χ2v) is 6.94. The Kier molecular flexibility index (Phi) is 3.83. The summed E-state index contributed by atoms with van der Waals surface area (Å²) in [5, 5.41) is 11.1. The Morgan fingerprint density at radius 2 is 2.00 bits per heavy atom. The number of rotatable bonds is 2. The van der Waals surface area contributed by atoms with Crippen LogP contribution >= 0.6 is 0 Å². The van der Waals surface area contributed by atoms with Crippen LogP contribution in [0.15, 0.2) is 30.7 Å². The van der Waals surface area contributed by atoms with Crippen molar-refractivity contribution in [2.45, 2.75) is 45.7 Å². The Balaban J connectivity index is 1.73. The van der Waals surface area contributed by atoms with E-state index in [1.807, 2.05) is 18.3 Å². The first kappa shape index (κ1) is 14.9. The first-order chi connectivity index (χ1) is 10.4. The molecule has 2 aromatic rings. The number of fused-ring (bicyclic) bond motifs is 1. The van der Waals surface area contributed by atoms with Crippen molar-refractivity contribution in [3.8, 4) is 0 Å². The van der Waals surface area contributed by atoms with Crippen LogP contribution in [0.25, 0.3) is 0 Å². The number of hydrogen-bond donors (Lipinski definition) is 0. The molecule has 0 aliphatic carbocycles. The van der Waals surface area contributed by atoms with E-state index in [1.54, 1.807) is 12.4 Å². The van der Waals surface area contributed by atoms with Gasteiger partial charge in [0.2, 0.25) is 0 Å². The number of aromatic nitrogens is 3. The zero-order valence-corrected chi connectivity index (χ0v) is 13.4. The van der Waals surface area contributed by atoms with E-state index in [-0.39, 0.29) is 5.41 Å². The van der Waals surface area contributed by atoms with Crippen molar-refractivity contribution in [3.63, 3.8) is 0 Å². The molecule has 0 fully saturated rings. The van der Waals surface area contributed by atoms with Crippen molar-refractivity contribution < 1.29 is 4.73 Å². The summed E-state index contributed by atoms with van der Waals surface area (Å²) in [7, 11) is 0. The minimum Gasteiger partial charge on any atom is -0.619 e. The average molecular weight is 298 g/mol. The van der Waals surface area contributed by atoms with Crippen molar-refractivity contribution in [2.24, 2.45) is 0 Å². The van der Waals surface area contributed by atoms with Gasteiger partial charge in [-0.1, -0.05) is 20.8 Å². The SMILES string of the molecule is CC(C)(C)c1ncc2c(n1)CCN(Cc1cc[n+]([O-])cc1)C2. The molecule has 0 bridgehead atoms. The third-order valence-corrected chi connectivity index (χ3v) is 3.96. The summed E-state index contributed by atoms with van der Waals surface area (Å²) in [4.78, 5) is 11.7. The highest BCUT2D eigenvalue weighted by molar-refractivity contribution is 5.22. The molecule has 22 heavy (non-hydrogen) atoms. The van der Waals surface area contributed by atoms with Crippen LogP contribution in [0.3, 0.4) is 0 Å². The highest BCUT2D eigenvalue weighted by Gasteiger charge is 2.22. The lowest BCUT2D eigenvalue weighted by molar-refractivity contribution is -0.605. The summed E-state index contributed by atoms with van der Waals surface area (Å²) in [6, 6.07) is 3.75. The molecular formula is C17H22N4O. The molecule has 3 rings (SSSR count). The van der Waals surface area contributed by atoms with Crippen molar-refractivity contribution >= 4 is 0 Å². The van der Waals surface area contributed by atoms with E-state index in [0.717, 1.165) is 42.2 Å². The molecule has 0 radical (unpaired) electrons. The molecule has 0 atom stereocenters. The lowest BCUT2D eigenvalue weighted by Gasteiger charge is -2.29. The lowest BCUT2D eigenvalue weighted by atomic mass is 9.95. The molecule has 1 aliphatic heterocycles. The summed E-state index contributed by atoms with van der Waals surface area (Å²) in [5.41, 5.74) is 3.54. The normalized spacial score (nSPS) is 15.6. The van der Waals surface area contributed by atoms with Crippen molar-refractivity contribution in [1.82, 2.24) is 14.9 Å². The van der Waals surface area contributed by atoms with Gasteiger partial charge < -0.3 is 5.21 Å². The van der Waals surface area contributed by atoms with Crippen molar-refractivity contribution in [2.75, 3.05) is 6.54 Å². The summed E-state index contributed by atoms with van der Waals surface area (Å²) < 4.78 is 0.816. The van der Waals surface area contributed by atoms with Crippen LogP contribution in [0.4, 0.5) is 0 Å². The molecule has 0 saturated heterocycles. The van der Waals surface area contributed by atoms with E-state index in [4.69, 9.17) is 4.98 Å². The number of nitrogens with zero attached hydrogens (tertiary/aromatic N) is 4. The van der Waals surface area contributed by atoms with Crippen LogP contribution in [0.1, 0.15) is 43.4 Å². The first-order valence-corrected chi connectivity index (χ1v) is 7.67. The van der Waals surface area contributed by atoms with Gasteiger partial charge in [0.1, 0.15) is 5.82 Å². The molecule has 0 saturated carbocycles. The summed E-state index contributed by atoms with van der Waals surface area (Å²) in [5.74, 6) is 0.919. The van der Waals surface area contributed by atoms with Gasteiger partial charge in [-0.15, -0.1) is 0 Å². The molecule has 0 N–H and O–H groups in total. The zero-order chi connectivity index (χ0) is 15.7. The Bertz CT molecular complexity index is 661. The number of hydrogen-bond acceptors (Lipinski definition) is 4. The molecule has 5 heteroatoms. The van der Waals surface area contributed by atoms with Gasteiger partial charge >= 0.3 is 0 Å². The maximum absolute atomic E-state index is 11.1. The monoisotopic (exact) mass is 298 g/mol. The maximum atomic E-state index is 11.1. The molecule has 0 amide bonds. The average Bonchev–Trinajstić information content (AvgIpc) is 2.48.